The molecule has 0 aliphatic rings. The van der Waals surface area contributed by atoms with E-state index < -0.39 is 12.4 Å². The summed E-state index contributed by atoms with van der Waals surface area (Å²) in [5.74, 6) is 0.440. The molecule has 0 spiro atoms. The normalized spacial score (nSPS) is 9.75. The SMILES string of the molecule is CC(C)CO.CCC(O)O.OCC(O)CO. The molecule has 0 saturated heterocycles. The van der Waals surface area contributed by atoms with Gasteiger partial charge in [-0.05, 0) is 12.3 Å². The van der Waals surface area contributed by atoms with Crippen molar-refractivity contribution < 1.29 is 30.6 Å². The standard InChI is InChI=1S/C4H10O.C3H8O3.C3H8O2/c1-4(2)3-5;4-1-3(6)2-5;1-2-3(4)5/h4-5H,3H2,1-2H3;3-6H,1-2H2;3-5H,2H2,1H3. The van der Waals surface area contributed by atoms with Gasteiger partial charge in [0.2, 0.25) is 0 Å². The number of rotatable bonds is 4. The highest BCUT2D eigenvalue weighted by Crippen LogP contribution is 1.83. The molecule has 0 aromatic rings. The lowest BCUT2D eigenvalue weighted by Gasteiger charge is -1.96. The van der Waals surface area contributed by atoms with E-state index in [2.05, 4.69) is 0 Å². The fourth-order valence-electron chi connectivity index (χ4n) is 0.0577. The Balaban J connectivity index is -0.000000160. The van der Waals surface area contributed by atoms with Crippen molar-refractivity contribution in [3.8, 4) is 0 Å². The Morgan fingerprint density at radius 3 is 1.06 bits per heavy atom. The van der Waals surface area contributed by atoms with Gasteiger partial charge in [-0.2, -0.15) is 0 Å². The second-order valence-corrected chi connectivity index (χ2v) is 3.48. The van der Waals surface area contributed by atoms with Crippen molar-refractivity contribution >= 4 is 0 Å². The van der Waals surface area contributed by atoms with E-state index in [0.29, 0.717) is 18.9 Å². The number of aliphatic hydroxyl groups is 6. The number of aliphatic hydroxyl groups excluding tert-OH is 5. The molecule has 6 N–H and O–H groups in total. The van der Waals surface area contributed by atoms with E-state index in [1.54, 1.807) is 6.92 Å². The summed E-state index contributed by atoms with van der Waals surface area (Å²) >= 11 is 0. The molecule has 0 amide bonds. The van der Waals surface area contributed by atoms with Gasteiger partial charge in [-0.25, -0.2) is 0 Å². The minimum absolute atomic E-state index is 0.306. The quantitative estimate of drug-likeness (QED) is 0.340. The fourth-order valence-corrected chi connectivity index (χ4v) is 0.0577. The second-order valence-electron chi connectivity index (χ2n) is 3.48. The zero-order valence-corrected chi connectivity index (χ0v) is 10.2. The number of hydrogen-bond donors (Lipinski definition) is 6. The second kappa shape index (κ2) is 17.2. The molecule has 0 aromatic heterocycles. The highest BCUT2D eigenvalue weighted by molar-refractivity contribution is 4.44. The van der Waals surface area contributed by atoms with E-state index in [4.69, 9.17) is 30.6 Å². The Morgan fingerprint density at radius 2 is 1.06 bits per heavy atom. The molecule has 0 unspecified atom stereocenters. The Hall–Kier alpha value is -0.240. The van der Waals surface area contributed by atoms with E-state index >= 15 is 0 Å². The van der Waals surface area contributed by atoms with E-state index in [0.717, 1.165) is 0 Å². The van der Waals surface area contributed by atoms with Crippen LogP contribution in [-0.4, -0.2) is 62.9 Å². The summed E-state index contributed by atoms with van der Waals surface area (Å²) in [5.41, 5.74) is 0. The first-order valence-electron chi connectivity index (χ1n) is 5.22. The van der Waals surface area contributed by atoms with Crippen LogP contribution in [0, 0.1) is 5.92 Å². The lowest BCUT2D eigenvalue weighted by Crippen LogP contribution is -2.15. The van der Waals surface area contributed by atoms with Gasteiger partial charge >= 0.3 is 0 Å². The Morgan fingerprint density at radius 1 is 0.812 bits per heavy atom. The largest absolute Gasteiger partial charge is 0.396 e. The third-order valence-electron chi connectivity index (χ3n) is 1.15. The van der Waals surface area contributed by atoms with Crippen LogP contribution in [0.25, 0.3) is 0 Å². The van der Waals surface area contributed by atoms with Gasteiger partial charge in [0.1, 0.15) is 6.10 Å². The minimum Gasteiger partial charge on any atom is -0.396 e. The topological polar surface area (TPSA) is 121 Å². The molecule has 6 heteroatoms. The zero-order valence-electron chi connectivity index (χ0n) is 10.2. The molecule has 0 aromatic carbocycles. The zero-order chi connectivity index (χ0) is 13.6. The van der Waals surface area contributed by atoms with Gasteiger partial charge < -0.3 is 30.6 Å². The third kappa shape index (κ3) is 37.2. The highest BCUT2D eigenvalue weighted by Gasteiger charge is 1.93. The average Bonchev–Trinajstić information content (AvgIpc) is 2.29. The number of hydrogen-bond acceptors (Lipinski definition) is 6. The van der Waals surface area contributed by atoms with Gasteiger partial charge in [-0.1, -0.05) is 20.8 Å². The first-order valence-corrected chi connectivity index (χ1v) is 5.22. The van der Waals surface area contributed by atoms with Crippen molar-refractivity contribution in [3.05, 3.63) is 0 Å². The summed E-state index contributed by atoms with van der Waals surface area (Å²) < 4.78 is 0. The van der Waals surface area contributed by atoms with Crippen LogP contribution in [0.2, 0.25) is 0 Å². The van der Waals surface area contributed by atoms with Gasteiger partial charge in [0, 0.05) is 6.61 Å². The van der Waals surface area contributed by atoms with E-state index in [1.165, 1.54) is 0 Å². The van der Waals surface area contributed by atoms with Crippen LogP contribution in [0.3, 0.4) is 0 Å². The van der Waals surface area contributed by atoms with Gasteiger partial charge in [-0.3, -0.25) is 0 Å². The lowest BCUT2D eigenvalue weighted by molar-refractivity contribution is -0.0413. The molecule has 0 rings (SSSR count). The summed E-state index contributed by atoms with van der Waals surface area (Å²) in [4.78, 5) is 0. The Kier molecular flexibility index (Phi) is 22.6. The first kappa shape index (κ1) is 21.1. The molecule has 0 bridgehead atoms. The molecule has 6 nitrogen and oxygen atoms in total. The predicted molar refractivity (Wildman–Crippen MR) is 60.6 cm³/mol. The molecule has 0 aliphatic heterocycles. The molecule has 16 heavy (non-hydrogen) atoms. The molecular formula is C10H26O6. The molecule has 0 atom stereocenters. The van der Waals surface area contributed by atoms with E-state index in [9.17, 15) is 0 Å². The fraction of sp³-hybridized carbons (Fsp3) is 1.00. The molecule has 0 aliphatic carbocycles. The lowest BCUT2D eigenvalue weighted by atomic mass is 10.2. The maximum atomic E-state index is 8.17. The van der Waals surface area contributed by atoms with Crippen LogP contribution >= 0.6 is 0 Å². The maximum absolute atomic E-state index is 8.17. The van der Waals surface area contributed by atoms with Crippen LogP contribution in [0.15, 0.2) is 0 Å². The maximum Gasteiger partial charge on any atom is 0.151 e. The Labute approximate surface area is 96.8 Å². The molecule has 102 valence electrons. The summed E-state index contributed by atoms with van der Waals surface area (Å²) in [6.45, 7) is 5.22. The Bertz CT molecular complexity index is 95.5. The highest BCUT2D eigenvalue weighted by atomic mass is 16.5. The van der Waals surface area contributed by atoms with Crippen molar-refractivity contribution in [2.24, 2.45) is 5.92 Å². The van der Waals surface area contributed by atoms with Crippen LogP contribution in [0.1, 0.15) is 27.2 Å². The van der Waals surface area contributed by atoms with E-state index in [-0.39, 0.29) is 13.2 Å². The van der Waals surface area contributed by atoms with Gasteiger partial charge in [0.25, 0.3) is 0 Å². The first-order chi connectivity index (χ1) is 7.35. The van der Waals surface area contributed by atoms with Crippen molar-refractivity contribution in [1.29, 1.82) is 0 Å². The molecule has 0 saturated carbocycles. The van der Waals surface area contributed by atoms with Crippen LogP contribution < -0.4 is 0 Å². The van der Waals surface area contributed by atoms with Gasteiger partial charge in [-0.15, -0.1) is 0 Å². The van der Waals surface area contributed by atoms with Crippen LogP contribution in [-0.2, 0) is 0 Å². The third-order valence-corrected chi connectivity index (χ3v) is 1.15. The summed E-state index contributed by atoms with van der Waals surface area (Å²) in [6, 6.07) is 0. The van der Waals surface area contributed by atoms with Crippen molar-refractivity contribution in [2.45, 2.75) is 39.6 Å². The smallest absolute Gasteiger partial charge is 0.151 e. The van der Waals surface area contributed by atoms with Crippen molar-refractivity contribution in [2.75, 3.05) is 19.8 Å². The summed E-state index contributed by atoms with van der Waals surface area (Å²) in [5, 5.41) is 48.0. The van der Waals surface area contributed by atoms with E-state index in [1.807, 2.05) is 13.8 Å². The van der Waals surface area contributed by atoms with Crippen LogP contribution in [0.5, 0.6) is 0 Å². The minimum atomic E-state index is -1.12. The summed E-state index contributed by atoms with van der Waals surface area (Å²) in [7, 11) is 0. The molecule has 0 fully saturated rings. The summed E-state index contributed by atoms with van der Waals surface area (Å²) in [6.07, 6.45) is -1.65. The predicted octanol–water partition coefficient (Wildman–Crippen LogP) is -1.33. The van der Waals surface area contributed by atoms with Crippen molar-refractivity contribution in [1.82, 2.24) is 0 Å². The monoisotopic (exact) mass is 242 g/mol. The average molecular weight is 242 g/mol. The van der Waals surface area contributed by atoms with Gasteiger partial charge in [0.05, 0.1) is 13.2 Å². The van der Waals surface area contributed by atoms with Crippen molar-refractivity contribution in [3.63, 3.8) is 0 Å². The van der Waals surface area contributed by atoms with Crippen LogP contribution in [0.4, 0.5) is 0 Å². The molecular weight excluding hydrogens is 216 g/mol. The van der Waals surface area contributed by atoms with Gasteiger partial charge in [0.15, 0.2) is 6.29 Å². The molecule has 0 radical (unpaired) electrons. The molecule has 0 heterocycles.